The second-order valence-corrected chi connectivity index (χ2v) is 8.45. The molecule has 1 saturated heterocycles. The number of nitrogens with zero attached hydrogens (tertiary/aromatic N) is 6. The molecule has 3 aromatic rings. The summed E-state index contributed by atoms with van der Waals surface area (Å²) in [6, 6.07) is 12.9. The summed E-state index contributed by atoms with van der Waals surface area (Å²) in [5.41, 5.74) is 0.675. The average Bonchev–Trinajstić information content (AvgIpc) is 3.66. The molecule has 0 unspecified atom stereocenters. The first kappa shape index (κ1) is 21.1. The van der Waals surface area contributed by atoms with Crippen molar-refractivity contribution in [1.29, 1.82) is 0 Å². The van der Waals surface area contributed by atoms with Crippen LogP contribution in [0.5, 0.6) is 11.6 Å². The van der Waals surface area contributed by atoms with Gasteiger partial charge in [-0.25, -0.2) is 9.97 Å². The summed E-state index contributed by atoms with van der Waals surface area (Å²) in [6.45, 7) is 4.24. The molecule has 0 spiro atoms. The van der Waals surface area contributed by atoms with Crippen molar-refractivity contribution in [1.82, 2.24) is 24.4 Å². The van der Waals surface area contributed by atoms with Gasteiger partial charge in [-0.05, 0) is 31.9 Å². The highest BCUT2D eigenvalue weighted by Gasteiger charge is 2.26. The maximum atomic E-state index is 12.8. The Morgan fingerprint density at radius 2 is 1.82 bits per heavy atom. The number of rotatable bonds is 6. The van der Waals surface area contributed by atoms with Crippen molar-refractivity contribution in [3.8, 4) is 11.6 Å². The molecule has 1 aromatic carbocycles. The van der Waals surface area contributed by atoms with Crippen LogP contribution < -0.4 is 15.2 Å². The molecule has 2 fully saturated rings. The zero-order valence-electron chi connectivity index (χ0n) is 18.6. The predicted molar refractivity (Wildman–Crippen MR) is 123 cm³/mol. The summed E-state index contributed by atoms with van der Waals surface area (Å²) in [4.78, 5) is 42.3. The summed E-state index contributed by atoms with van der Waals surface area (Å²) in [5, 5.41) is 0. The first-order chi connectivity index (χ1) is 16.0. The van der Waals surface area contributed by atoms with Crippen LogP contribution in [0.15, 0.2) is 53.6 Å². The zero-order chi connectivity index (χ0) is 22.8. The van der Waals surface area contributed by atoms with Gasteiger partial charge in [0.05, 0.1) is 12.0 Å². The van der Waals surface area contributed by atoms with Gasteiger partial charge in [0.2, 0.25) is 11.8 Å². The molecule has 0 atom stereocenters. The van der Waals surface area contributed by atoms with E-state index in [1.165, 1.54) is 10.9 Å². The maximum Gasteiger partial charge on any atom is 0.254 e. The first-order valence-electron chi connectivity index (χ1n) is 11.2. The van der Waals surface area contributed by atoms with E-state index in [0.29, 0.717) is 49.6 Å². The van der Waals surface area contributed by atoms with Crippen molar-refractivity contribution in [2.75, 3.05) is 31.1 Å². The van der Waals surface area contributed by atoms with Gasteiger partial charge in [0.15, 0.2) is 0 Å². The maximum absolute atomic E-state index is 12.8. The third kappa shape index (κ3) is 5.02. The van der Waals surface area contributed by atoms with Crippen LogP contribution in [0.2, 0.25) is 0 Å². The minimum Gasteiger partial charge on any atom is -0.439 e. The van der Waals surface area contributed by atoms with Crippen LogP contribution in [-0.4, -0.2) is 56.5 Å². The number of amides is 1. The smallest absolute Gasteiger partial charge is 0.254 e. The van der Waals surface area contributed by atoms with Crippen molar-refractivity contribution in [3.05, 3.63) is 70.7 Å². The Labute approximate surface area is 191 Å². The number of piperazine rings is 1. The third-order valence-corrected chi connectivity index (χ3v) is 5.92. The minimum absolute atomic E-state index is 0.0124. The second-order valence-electron chi connectivity index (χ2n) is 8.45. The predicted octanol–water partition coefficient (Wildman–Crippen LogP) is 2.36. The first-order valence-corrected chi connectivity index (χ1v) is 11.2. The molecule has 1 saturated carbocycles. The van der Waals surface area contributed by atoms with Crippen molar-refractivity contribution >= 4 is 11.7 Å². The fraction of sp³-hybridized carbons (Fsp3) is 0.375. The lowest BCUT2D eigenvalue weighted by Crippen LogP contribution is -2.50. The molecule has 0 bridgehead atoms. The molecule has 0 radical (unpaired) electrons. The van der Waals surface area contributed by atoms with E-state index in [2.05, 4.69) is 19.9 Å². The van der Waals surface area contributed by atoms with Gasteiger partial charge in [0, 0.05) is 44.2 Å². The number of ether oxygens (including phenoxy) is 1. The number of aryl methyl sites for hydroxylation is 1. The van der Waals surface area contributed by atoms with Crippen LogP contribution in [-0.2, 0) is 11.3 Å². The Morgan fingerprint density at radius 3 is 2.52 bits per heavy atom. The monoisotopic (exact) mass is 446 g/mol. The average molecular weight is 447 g/mol. The highest BCUT2D eigenvalue weighted by Crippen LogP contribution is 2.38. The molecule has 5 rings (SSSR count). The molecule has 1 amide bonds. The quantitative estimate of drug-likeness (QED) is 0.574. The minimum atomic E-state index is -0.165. The Kier molecular flexibility index (Phi) is 5.77. The number of hydrogen-bond acceptors (Lipinski definition) is 7. The van der Waals surface area contributed by atoms with E-state index in [9.17, 15) is 9.59 Å². The van der Waals surface area contributed by atoms with Crippen LogP contribution in [0.25, 0.3) is 0 Å². The highest BCUT2D eigenvalue weighted by molar-refractivity contribution is 5.76. The summed E-state index contributed by atoms with van der Waals surface area (Å²) < 4.78 is 7.26. The third-order valence-electron chi connectivity index (χ3n) is 5.92. The number of para-hydroxylation sites is 1. The molecule has 9 nitrogen and oxygen atoms in total. The Hall–Kier alpha value is -3.75. The van der Waals surface area contributed by atoms with E-state index in [0.717, 1.165) is 24.4 Å². The number of hydrogen-bond donors (Lipinski definition) is 0. The largest absolute Gasteiger partial charge is 0.439 e. The molecular formula is C24H26N6O3. The van der Waals surface area contributed by atoms with E-state index >= 15 is 0 Å². The van der Waals surface area contributed by atoms with Gasteiger partial charge >= 0.3 is 0 Å². The van der Waals surface area contributed by atoms with E-state index < -0.39 is 0 Å². The van der Waals surface area contributed by atoms with Gasteiger partial charge in [-0.1, -0.05) is 18.2 Å². The number of aromatic nitrogens is 4. The van der Waals surface area contributed by atoms with Crippen LogP contribution in [0, 0.1) is 6.92 Å². The molecule has 9 heteroatoms. The van der Waals surface area contributed by atoms with Crippen LogP contribution in [0.4, 0.5) is 5.82 Å². The molecule has 33 heavy (non-hydrogen) atoms. The summed E-state index contributed by atoms with van der Waals surface area (Å²) in [7, 11) is 0. The van der Waals surface area contributed by atoms with Gasteiger partial charge in [-0.3, -0.25) is 14.2 Å². The summed E-state index contributed by atoms with van der Waals surface area (Å²) >= 11 is 0. The highest BCUT2D eigenvalue weighted by atomic mass is 16.5. The number of benzene rings is 1. The Bertz CT molecular complexity index is 1200. The number of carbonyl (C=O) groups excluding carboxylic acids is 1. The van der Waals surface area contributed by atoms with E-state index in [-0.39, 0.29) is 18.0 Å². The number of anilines is 1. The molecule has 1 aliphatic carbocycles. The zero-order valence-corrected chi connectivity index (χ0v) is 18.6. The molecule has 1 aliphatic heterocycles. The van der Waals surface area contributed by atoms with Gasteiger partial charge in [-0.2, -0.15) is 4.98 Å². The van der Waals surface area contributed by atoms with Crippen molar-refractivity contribution in [3.63, 3.8) is 0 Å². The van der Waals surface area contributed by atoms with Crippen LogP contribution >= 0.6 is 0 Å². The lowest BCUT2D eigenvalue weighted by Gasteiger charge is -2.35. The standard InChI is InChI=1S/C24H26N6O3/c1-17-26-21(14-22(27-17)33-19-5-3-2-4-6-19)28-9-11-29(12-10-28)24(32)15-30-16-25-20(13-23(30)31)18-7-8-18/h2-6,13-14,16,18H,7-12,15H2,1H3. The summed E-state index contributed by atoms with van der Waals surface area (Å²) in [5.74, 6) is 2.94. The second kappa shape index (κ2) is 9.01. The van der Waals surface area contributed by atoms with Crippen molar-refractivity contribution < 1.29 is 9.53 Å². The number of carbonyl (C=O) groups is 1. The fourth-order valence-electron chi connectivity index (χ4n) is 3.94. The molecule has 0 N–H and O–H groups in total. The van der Waals surface area contributed by atoms with Crippen LogP contribution in [0.1, 0.15) is 30.3 Å². The topological polar surface area (TPSA) is 93.5 Å². The normalized spacial score (nSPS) is 16.0. The lowest BCUT2D eigenvalue weighted by atomic mass is 10.3. The molecular weight excluding hydrogens is 420 g/mol. The summed E-state index contributed by atoms with van der Waals surface area (Å²) in [6.07, 6.45) is 3.68. The SMILES string of the molecule is Cc1nc(Oc2ccccc2)cc(N2CCN(C(=O)Cn3cnc(C4CC4)cc3=O)CC2)n1. The van der Waals surface area contributed by atoms with Gasteiger partial charge in [0.1, 0.15) is 23.9 Å². The lowest BCUT2D eigenvalue weighted by molar-refractivity contribution is -0.132. The van der Waals surface area contributed by atoms with E-state index in [4.69, 9.17) is 4.74 Å². The van der Waals surface area contributed by atoms with Gasteiger partial charge in [-0.15, -0.1) is 0 Å². The van der Waals surface area contributed by atoms with Crippen molar-refractivity contribution in [2.45, 2.75) is 32.2 Å². The molecule has 2 aliphatic rings. The van der Waals surface area contributed by atoms with E-state index in [1.807, 2.05) is 43.3 Å². The molecule has 170 valence electrons. The molecule has 3 heterocycles. The van der Waals surface area contributed by atoms with Crippen molar-refractivity contribution in [2.24, 2.45) is 0 Å². The fourth-order valence-corrected chi connectivity index (χ4v) is 3.94. The molecule has 2 aromatic heterocycles. The Balaban J connectivity index is 1.20. The van der Waals surface area contributed by atoms with E-state index in [1.54, 1.807) is 11.0 Å². The van der Waals surface area contributed by atoms with Gasteiger partial charge in [0.25, 0.3) is 5.56 Å². The van der Waals surface area contributed by atoms with Gasteiger partial charge < -0.3 is 14.5 Å². The van der Waals surface area contributed by atoms with Crippen LogP contribution in [0.3, 0.4) is 0 Å². The Morgan fingerprint density at radius 1 is 1.06 bits per heavy atom.